The molecule has 0 radical (unpaired) electrons. The molecule has 6 nitrogen and oxygen atoms in total. The molecule has 1 aromatic rings. The molecule has 0 saturated carbocycles. The van der Waals surface area contributed by atoms with E-state index >= 15 is 0 Å². The Bertz CT molecular complexity index is 527. The van der Waals surface area contributed by atoms with Crippen LogP contribution in [0.5, 0.6) is 5.88 Å². The van der Waals surface area contributed by atoms with Gasteiger partial charge in [0.25, 0.3) is 5.56 Å². The van der Waals surface area contributed by atoms with Crippen molar-refractivity contribution in [3.63, 3.8) is 0 Å². The molecule has 18 heavy (non-hydrogen) atoms. The zero-order valence-corrected chi connectivity index (χ0v) is 11.4. The van der Waals surface area contributed by atoms with Crippen molar-refractivity contribution in [2.45, 2.75) is 20.3 Å². The highest BCUT2D eigenvalue weighted by atomic mass is 16.3. The summed E-state index contributed by atoms with van der Waals surface area (Å²) in [6, 6.07) is 0. The van der Waals surface area contributed by atoms with Crippen molar-refractivity contribution in [1.82, 2.24) is 9.13 Å². The summed E-state index contributed by atoms with van der Waals surface area (Å²) in [5, 5.41) is 11.9. The lowest BCUT2D eigenvalue weighted by Crippen LogP contribution is -3.11. The molecule has 0 aromatic carbocycles. The number of nitrogens with zero attached hydrogens (tertiary/aromatic N) is 2. The van der Waals surface area contributed by atoms with Gasteiger partial charge in [0.1, 0.15) is 0 Å². The van der Waals surface area contributed by atoms with E-state index in [0.717, 1.165) is 28.8 Å². The Labute approximate surface area is 106 Å². The van der Waals surface area contributed by atoms with Crippen molar-refractivity contribution in [1.29, 1.82) is 0 Å². The quantitative estimate of drug-likeness (QED) is 0.639. The van der Waals surface area contributed by atoms with E-state index in [-0.39, 0.29) is 5.56 Å². The lowest BCUT2D eigenvalue weighted by Gasteiger charge is -2.20. The molecular formula is C12H21N3O3. The van der Waals surface area contributed by atoms with Crippen LogP contribution >= 0.6 is 0 Å². The van der Waals surface area contributed by atoms with E-state index in [2.05, 4.69) is 13.8 Å². The molecule has 1 N–H and O–H groups in total. The number of rotatable bonds is 5. The van der Waals surface area contributed by atoms with Crippen molar-refractivity contribution in [2.24, 2.45) is 14.1 Å². The number of hydrogen-bond acceptors (Lipinski definition) is 3. The van der Waals surface area contributed by atoms with Gasteiger partial charge in [-0.05, 0) is 19.7 Å². The summed E-state index contributed by atoms with van der Waals surface area (Å²) in [5.41, 5.74) is -0.822. The van der Waals surface area contributed by atoms with Crippen LogP contribution in [0.2, 0.25) is 0 Å². The maximum Gasteiger partial charge on any atom is 0.329 e. The first kappa shape index (κ1) is 14.5. The minimum atomic E-state index is -0.566. The fourth-order valence-electron chi connectivity index (χ4n) is 2.01. The van der Waals surface area contributed by atoms with Crippen LogP contribution in [0.25, 0.3) is 0 Å². The van der Waals surface area contributed by atoms with E-state index in [9.17, 15) is 14.7 Å². The van der Waals surface area contributed by atoms with E-state index in [4.69, 9.17) is 0 Å². The van der Waals surface area contributed by atoms with E-state index in [1.54, 1.807) is 0 Å². The fraction of sp³-hybridized carbons (Fsp3) is 0.667. The first-order valence-corrected chi connectivity index (χ1v) is 6.23. The Morgan fingerprint density at radius 1 is 1.11 bits per heavy atom. The largest absolute Gasteiger partial charge is 0.860 e. The van der Waals surface area contributed by atoms with Gasteiger partial charge >= 0.3 is 5.69 Å². The van der Waals surface area contributed by atoms with Crippen LogP contribution in [0.1, 0.15) is 19.4 Å². The topological polar surface area (TPSA) is 71.5 Å². The predicted molar refractivity (Wildman–Crippen MR) is 67.0 cm³/mol. The van der Waals surface area contributed by atoms with Crippen molar-refractivity contribution < 1.29 is 10.0 Å². The second-order valence-corrected chi connectivity index (χ2v) is 4.45. The first-order chi connectivity index (χ1) is 8.43. The van der Waals surface area contributed by atoms with Crippen LogP contribution in [0.3, 0.4) is 0 Å². The van der Waals surface area contributed by atoms with Crippen LogP contribution in [0, 0.1) is 0 Å². The number of likely N-dealkylation sites (N-methyl/N-ethyl adjacent to an activating group) is 1. The summed E-state index contributed by atoms with van der Waals surface area (Å²) >= 11 is 0. The van der Waals surface area contributed by atoms with Crippen molar-refractivity contribution in [3.05, 3.63) is 26.4 Å². The SMILES string of the molecule is CC[NH+](CC)CCc1c([O-])n(C)c(=O)n(C)c1=O. The first-order valence-electron chi connectivity index (χ1n) is 6.23. The third kappa shape index (κ3) is 2.64. The van der Waals surface area contributed by atoms with Gasteiger partial charge < -0.3 is 14.6 Å². The van der Waals surface area contributed by atoms with Gasteiger partial charge in [-0.25, -0.2) is 4.79 Å². The smallest absolute Gasteiger partial charge is 0.329 e. The van der Waals surface area contributed by atoms with Gasteiger partial charge in [0.15, 0.2) is 0 Å². The van der Waals surface area contributed by atoms with Crippen LogP contribution in [-0.4, -0.2) is 28.8 Å². The minimum Gasteiger partial charge on any atom is -0.860 e. The molecule has 102 valence electrons. The molecule has 0 atom stereocenters. The number of quaternary nitrogens is 1. The number of hydrogen-bond donors (Lipinski definition) is 1. The molecule has 0 aliphatic rings. The Morgan fingerprint density at radius 3 is 2.17 bits per heavy atom. The summed E-state index contributed by atoms with van der Waals surface area (Å²) in [5.74, 6) is -0.463. The summed E-state index contributed by atoms with van der Waals surface area (Å²) in [6.07, 6.45) is 0.413. The molecule has 0 fully saturated rings. The molecule has 0 aliphatic heterocycles. The van der Waals surface area contributed by atoms with E-state index in [0.29, 0.717) is 6.42 Å². The average molecular weight is 255 g/mol. The third-order valence-corrected chi connectivity index (χ3v) is 3.43. The molecule has 6 heteroatoms. The predicted octanol–water partition coefficient (Wildman–Crippen LogP) is -2.38. The van der Waals surface area contributed by atoms with Crippen LogP contribution in [0.15, 0.2) is 9.59 Å². The van der Waals surface area contributed by atoms with Crippen molar-refractivity contribution in [3.8, 4) is 5.88 Å². The maximum atomic E-state index is 11.9. The number of nitrogens with one attached hydrogen (secondary N) is 1. The molecule has 0 bridgehead atoms. The van der Waals surface area contributed by atoms with E-state index in [1.807, 2.05) is 0 Å². The Kier molecular flexibility index (Phi) is 4.72. The zero-order valence-electron chi connectivity index (χ0n) is 11.4. The lowest BCUT2D eigenvalue weighted by atomic mass is 10.2. The summed E-state index contributed by atoms with van der Waals surface area (Å²) < 4.78 is 1.99. The monoisotopic (exact) mass is 255 g/mol. The van der Waals surface area contributed by atoms with Crippen LogP contribution in [0.4, 0.5) is 0 Å². The van der Waals surface area contributed by atoms with Gasteiger partial charge in [0.05, 0.1) is 19.6 Å². The Balaban J connectivity index is 3.11. The van der Waals surface area contributed by atoms with Gasteiger partial charge in [0, 0.05) is 26.1 Å². The van der Waals surface area contributed by atoms with Gasteiger partial charge in [-0.1, -0.05) is 0 Å². The molecule has 0 aliphatic carbocycles. The molecule has 1 rings (SSSR count). The lowest BCUT2D eigenvalue weighted by molar-refractivity contribution is -0.896. The normalized spacial score (nSPS) is 11.2. The molecule has 1 aromatic heterocycles. The van der Waals surface area contributed by atoms with Crippen LogP contribution < -0.4 is 21.3 Å². The molecule has 0 saturated heterocycles. The zero-order chi connectivity index (χ0) is 13.9. The average Bonchev–Trinajstić information content (AvgIpc) is 2.38. The van der Waals surface area contributed by atoms with Gasteiger partial charge in [-0.15, -0.1) is 0 Å². The second-order valence-electron chi connectivity index (χ2n) is 4.45. The highest BCUT2D eigenvalue weighted by Crippen LogP contribution is 2.04. The van der Waals surface area contributed by atoms with Crippen molar-refractivity contribution in [2.75, 3.05) is 19.6 Å². The molecule has 1 heterocycles. The summed E-state index contributed by atoms with van der Waals surface area (Å²) in [7, 11) is 2.80. The summed E-state index contributed by atoms with van der Waals surface area (Å²) in [4.78, 5) is 24.8. The highest BCUT2D eigenvalue weighted by molar-refractivity contribution is 5.21. The number of aromatic nitrogens is 2. The second kappa shape index (κ2) is 5.86. The molecular weight excluding hydrogens is 234 g/mol. The minimum absolute atomic E-state index is 0.207. The molecule has 0 unspecified atom stereocenters. The summed E-state index contributed by atoms with van der Waals surface area (Å²) in [6.45, 7) is 6.77. The Morgan fingerprint density at radius 2 is 1.67 bits per heavy atom. The fourth-order valence-corrected chi connectivity index (χ4v) is 2.01. The van der Waals surface area contributed by atoms with E-state index in [1.165, 1.54) is 19.0 Å². The van der Waals surface area contributed by atoms with Gasteiger partial charge in [-0.2, -0.15) is 0 Å². The maximum absolute atomic E-state index is 11.9. The van der Waals surface area contributed by atoms with Gasteiger partial charge in [-0.3, -0.25) is 9.36 Å². The van der Waals surface area contributed by atoms with Crippen LogP contribution in [-0.2, 0) is 20.5 Å². The standard InChI is InChI=1S/C12H21N3O3/c1-5-15(6-2)8-7-9-10(16)13(3)12(18)14(4)11(9)17/h16H,5-8H2,1-4H3. The van der Waals surface area contributed by atoms with E-state index < -0.39 is 17.1 Å². The molecule has 0 spiro atoms. The van der Waals surface area contributed by atoms with Crippen molar-refractivity contribution >= 4 is 0 Å². The third-order valence-electron chi connectivity index (χ3n) is 3.43. The molecule has 0 amide bonds. The highest BCUT2D eigenvalue weighted by Gasteiger charge is 2.11. The van der Waals surface area contributed by atoms with Gasteiger partial charge in [0.2, 0.25) is 0 Å². The Hall–Kier alpha value is -1.56.